The maximum Gasteiger partial charge on any atom is 0.306 e. The van der Waals surface area contributed by atoms with Crippen molar-refractivity contribution in [2.75, 3.05) is 6.54 Å². The first-order valence-electron chi connectivity index (χ1n) is 8.62. The summed E-state index contributed by atoms with van der Waals surface area (Å²) >= 11 is 0. The molecule has 1 aromatic heterocycles. The lowest BCUT2D eigenvalue weighted by atomic mass is 9.81. The summed E-state index contributed by atoms with van der Waals surface area (Å²) in [5, 5.41) is 13.4. The van der Waals surface area contributed by atoms with Crippen LogP contribution in [-0.4, -0.2) is 28.5 Å². The first-order valence-corrected chi connectivity index (χ1v) is 8.62. The molecule has 1 aliphatic rings. The summed E-state index contributed by atoms with van der Waals surface area (Å²) in [5.41, 5.74) is 3.55. The second kappa shape index (κ2) is 7.07. The molecule has 5 heteroatoms. The fourth-order valence-electron chi connectivity index (χ4n) is 3.77. The Balaban J connectivity index is 1.56. The molecule has 2 unspecified atom stereocenters. The van der Waals surface area contributed by atoms with Crippen molar-refractivity contribution in [1.29, 1.82) is 0 Å². The fourth-order valence-corrected chi connectivity index (χ4v) is 3.77. The van der Waals surface area contributed by atoms with E-state index in [0.29, 0.717) is 19.4 Å². The van der Waals surface area contributed by atoms with Crippen molar-refractivity contribution < 1.29 is 14.7 Å². The first kappa shape index (κ1) is 16.6. The molecule has 1 aliphatic carbocycles. The van der Waals surface area contributed by atoms with Crippen molar-refractivity contribution in [3.63, 3.8) is 0 Å². The number of hydrogen-bond acceptors (Lipinski definition) is 2. The normalized spacial score (nSPS) is 20.9. The van der Waals surface area contributed by atoms with Crippen molar-refractivity contribution >= 4 is 22.8 Å². The summed E-state index contributed by atoms with van der Waals surface area (Å²) in [6, 6.07) is 6.17. The number of aliphatic carboxylic acids is 1. The van der Waals surface area contributed by atoms with Gasteiger partial charge in [0.1, 0.15) is 0 Å². The molecule has 1 fully saturated rings. The van der Waals surface area contributed by atoms with Gasteiger partial charge in [-0.15, -0.1) is 0 Å². The third kappa shape index (κ3) is 3.45. The van der Waals surface area contributed by atoms with Crippen LogP contribution in [-0.2, 0) is 16.0 Å². The van der Waals surface area contributed by atoms with Crippen molar-refractivity contribution in [2.24, 2.45) is 11.8 Å². The molecule has 2 aromatic rings. The summed E-state index contributed by atoms with van der Waals surface area (Å²) in [7, 11) is 0. The lowest BCUT2D eigenvalue weighted by molar-refractivity contribution is -0.144. The number of nitrogens with one attached hydrogen (secondary N) is 2. The monoisotopic (exact) mass is 328 g/mol. The van der Waals surface area contributed by atoms with E-state index in [9.17, 15) is 9.59 Å². The van der Waals surface area contributed by atoms with Crippen LogP contribution in [0.1, 0.15) is 36.8 Å². The number of hydrogen-bond donors (Lipinski definition) is 3. The Morgan fingerprint density at radius 2 is 2.08 bits per heavy atom. The quantitative estimate of drug-likeness (QED) is 0.789. The molecular formula is C19H24N2O3. The first-order chi connectivity index (χ1) is 11.6. The lowest BCUT2D eigenvalue weighted by Crippen LogP contribution is -2.36. The molecule has 3 rings (SSSR count). The topological polar surface area (TPSA) is 82.2 Å². The third-order valence-corrected chi connectivity index (χ3v) is 5.08. The largest absolute Gasteiger partial charge is 0.481 e. The minimum Gasteiger partial charge on any atom is -0.481 e. The maximum absolute atomic E-state index is 12.3. The smallest absolute Gasteiger partial charge is 0.306 e. The molecule has 0 aliphatic heterocycles. The Hall–Kier alpha value is -2.30. The van der Waals surface area contributed by atoms with Crippen LogP contribution < -0.4 is 5.32 Å². The molecular weight excluding hydrogens is 304 g/mol. The Morgan fingerprint density at radius 3 is 2.88 bits per heavy atom. The number of fused-ring (bicyclic) bond motifs is 1. The van der Waals surface area contributed by atoms with Crippen LogP contribution in [0.5, 0.6) is 0 Å². The Morgan fingerprint density at radius 1 is 1.29 bits per heavy atom. The molecule has 1 heterocycles. The number of carbonyl (C=O) groups is 2. The van der Waals surface area contributed by atoms with Gasteiger partial charge in [-0.3, -0.25) is 9.59 Å². The van der Waals surface area contributed by atoms with E-state index < -0.39 is 5.97 Å². The molecule has 24 heavy (non-hydrogen) atoms. The number of rotatable bonds is 5. The van der Waals surface area contributed by atoms with Crippen LogP contribution in [0.15, 0.2) is 24.4 Å². The number of benzene rings is 1. The van der Waals surface area contributed by atoms with Gasteiger partial charge in [-0.2, -0.15) is 0 Å². The Kier molecular flexibility index (Phi) is 4.88. The highest BCUT2D eigenvalue weighted by atomic mass is 16.4. The number of aromatic nitrogens is 1. The average molecular weight is 328 g/mol. The van der Waals surface area contributed by atoms with E-state index in [1.54, 1.807) is 0 Å². The van der Waals surface area contributed by atoms with E-state index in [1.807, 2.05) is 12.3 Å². The van der Waals surface area contributed by atoms with E-state index in [4.69, 9.17) is 5.11 Å². The van der Waals surface area contributed by atoms with E-state index in [2.05, 4.69) is 29.4 Å². The van der Waals surface area contributed by atoms with Gasteiger partial charge in [0.2, 0.25) is 5.91 Å². The molecule has 3 N–H and O–H groups in total. The molecule has 128 valence electrons. The predicted octanol–water partition coefficient (Wildman–Crippen LogP) is 3.03. The van der Waals surface area contributed by atoms with Gasteiger partial charge in [0, 0.05) is 29.6 Å². The predicted molar refractivity (Wildman–Crippen MR) is 92.8 cm³/mol. The third-order valence-electron chi connectivity index (χ3n) is 5.08. The molecule has 1 aromatic carbocycles. The van der Waals surface area contributed by atoms with Crippen LogP contribution in [0.25, 0.3) is 10.9 Å². The minimum atomic E-state index is -0.776. The van der Waals surface area contributed by atoms with Crippen LogP contribution in [0, 0.1) is 18.8 Å². The lowest BCUT2D eigenvalue weighted by Gasteiger charge is -2.25. The van der Waals surface area contributed by atoms with Crippen LogP contribution in [0.3, 0.4) is 0 Å². The minimum absolute atomic E-state index is 0.00230. The van der Waals surface area contributed by atoms with Crippen molar-refractivity contribution in [2.45, 2.75) is 39.0 Å². The molecule has 0 saturated heterocycles. The van der Waals surface area contributed by atoms with Gasteiger partial charge in [-0.1, -0.05) is 18.6 Å². The van der Waals surface area contributed by atoms with E-state index in [-0.39, 0.29) is 17.7 Å². The van der Waals surface area contributed by atoms with Gasteiger partial charge >= 0.3 is 5.97 Å². The fraction of sp³-hybridized carbons (Fsp3) is 0.474. The highest BCUT2D eigenvalue weighted by Gasteiger charge is 2.30. The van der Waals surface area contributed by atoms with Crippen LogP contribution >= 0.6 is 0 Å². The molecule has 0 bridgehead atoms. The SMILES string of the molecule is Cc1cccc2[nH]cc(CCNC(=O)C3CCCC(C(=O)O)C3)c12. The molecule has 1 saturated carbocycles. The van der Waals surface area contributed by atoms with Crippen LogP contribution in [0.2, 0.25) is 0 Å². The number of aryl methyl sites for hydroxylation is 1. The van der Waals surface area contributed by atoms with Crippen LogP contribution in [0.4, 0.5) is 0 Å². The maximum atomic E-state index is 12.3. The zero-order valence-corrected chi connectivity index (χ0v) is 14.0. The van der Waals surface area contributed by atoms with Crippen molar-refractivity contribution in [1.82, 2.24) is 10.3 Å². The summed E-state index contributed by atoms with van der Waals surface area (Å²) < 4.78 is 0. The number of carboxylic acids is 1. The molecule has 1 amide bonds. The number of carboxylic acid groups (broad SMARTS) is 1. The number of amides is 1. The van der Waals surface area contributed by atoms with E-state index in [1.165, 1.54) is 16.5 Å². The zero-order valence-electron chi connectivity index (χ0n) is 14.0. The number of H-pyrrole nitrogens is 1. The summed E-state index contributed by atoms with van der Waals surface area (Å²) in [6.45, 7) is 2.67. The van der Waals surface area contributed by atoms with Gasteiger partial charge in [0.25, 0.3) is 0 Å². The van der Waals surface area contributed by atoms with Gasteiger partial charge in [-0.05, 0) is 49.8 Å². The average Bonchev–Trinajstić information content (AvgIpc) is 2.99. The van der Waals surface area contributed by atoms with Crippen molar-refractivity contribution in [3.05, 3.63) is 35.5 Å². The molecule has 0 radical (unpaired) electrons. The van der Waals surface area contributed by atoms with E-state index in [0.717, 1.165) is 24.8 Å². The number of aromatic amines is 1. The second-order valence-corrected chi connectivity index (χ2v) is 6.75. The second-order valence-electron chi connectivity index (χ2n) is 6.75. The Bertz CT molecular complexity index is 750. The molecule has 5 nitrogen and oxygen atoms in total. The van der Waals surface area contributed by atoms with Gasteiger partial charge in [0.15, 0.2) is 0 Å². The van der Waals surface area contributed by atoms with Gasteiger partial charge < -0.3 is 15.4 Å². The summed E-state index contributed by atoms with van der Waals surface area (Å²) in [4.78, 5) is 26.7. The van der Waals surface area contributed by atoms with E-state index >= 15 is 0 Å². The zero-order chi connectivity index (χ0) is 17.1. The van der Waals surface area contributed by atoms with Crippen molar-refractivity contribution in [3.8, 4) is 0 Å². The standard InChI is InChI=1S/C19H24N2O3/c1-12-4-2-7-16-17(12)15(11-21-16)8-9-20-18(22)13-5-3-6-14(10-13)19(23)24/h2,4,7,11,13-14,21H,3,5-6,8-10H2,1H3,(H,20,22)(H,23,24). The highest BCUT2D eigenvalue weighted by molar-refractivity contribution is 5.86. The highest BCUT2D eigenvalue weighted by Crippen LogP contribution is 2.29. The number of carbonyl (C=O) groups excluding carboxylic acids is 1. The molecule has 2 atom stereocenters. The Labute approximate surface area is 141 Å². The van der Waals surface area contributed by atoms with Gasteiger partial charge in [-0.25, -0.2) is 0 Å². The summed E-state index contributed by atoms with van der Waals surface area (Å²) in [6.07, 6.45) is 5.54. The summed E-state index contributed by atoms with van der Waals surface area (Å²) in [5.74, 6) is -1.31. The van der Waals surface area contributed by atoms with Gasteiger partial charge in [0.05, 0.1) is 5.92 Å². The molecule has 0 spiro atoms.